The first kappa shape index (κ1) is 16.5. The lowest BCUT2D eigenvalue weighted by atomic mass is 10.1. The molecule has 0 unspecified atom stereocenters. The van der Waals surface area contributed by atoms with Gasteiger partial charge in [0, 0.05) is 37.1 Å². The van der Waals surface area contributed by atoms with Gasteiger partial charge in [-0.25, -0.2) is 14.4 Å². The van der Waals surface area contributed by atoms with Crippen LogP contribution < -0.4 is 0 Å². The molecular weight excluding hydrogens is 307 g/mol. The zero-order valence-corrected chi connectivity index (χ0v) is 13.9. The molecule has 0 saturated carbocycles. The van der Waals surface area contributed by atoms with Crippen molar-refractivity contribution in [1.29, 1.82) is 0 Å². The summed E-state index contributed by atoms with van der Waals surface area (Å²) in [7, 11) is 2.01. The molecule has 0 radical (unpaired) electrons. The molecule has 1 saturated heterocycles. The van der Waals surface area contributed by atoms with E-state index >= 15 is 0 Å². The number of likely N-dealkylation sites (N-methyl/N-ethyl adjacent to an activating group) is 1. The quantitative estimate of drug-likeness (QED) is 0.864. The summed E-state index contributed by atoms with van der Waals surface area (Å²) >= 11 is 0. The van der Waals surface area contributed by atoms with Crippen LogP contribution in [-0.2, 0) is 6.54 Å². The van der Waals surface area contributed by atoms with Crippen molar-refractivity contribution in [2.75, 3.05) is 20.1 Å². The second-order valence-electron chi connectivity index (χ2n) is 6.24. The van der Waals surface area contributed by atoms with Crippen molar-refractivity contribution in [2.45, 2.75) is 25.9 Å². The summed E-state index contributed by atoms with van der Waals surface area (Å²) in [6.45, 7) is 3.65. The van der Waals surface area contributed by atoms with E-state index in [4.69, 9.17) is 0 Å². The lowest BCUT2D eigenvalue weighted by Crippen LogP contribution is -2.36. The van der Waals surface area contributed by atoms with Crippen LogP contribution in [0.5, 0.6) is 0 Å². The molecule has 1 amide bonds. The maximum absolute atomic E-state index is 13.7. The monoisotopic (exact) mass is 328 g/mol. The van der Waals surface area contributed by atoms with Gasteiger partial charge in [-0.3, -0.25) is 9.69 Å². The number of likely N-dealkylation sites (tertiary alicyclic amines) is 1. The van der Waals surface area contributed by atoms with Gasteiger partial charge in [-0.1, -0.05) is 6.07 Å². The normalized spacial score (nSPS) is 17.5. The highest BCUT2D eigenvalue weighted by atomic mass is 19.1. The van der Waals surface area contributed by atoms with Crippen LogP contribution in [-0.4, -0.2) is 51.9 Å². The molecule has 1 fully saturated rings. The molecule has 0 N–H and O–H groups in total. The maximum atomic E-state index is 13.7. The summed E-state index contributed by atoms with van der Waals surface area (Å²) in [5, 5.41) is 0. The van der Waals surface area contributed by atoms with Crippen molar-refractivity contribution < 1.29 is 9.18 Å². The van der Waals surface area contributed by atoms with E-state index in [2.05, 4.69) is 14.9 Å². The van der Waals surface area contributed by atoms with Gasteiger partial charge in [0.15, 0.2) is 0 Å². The van der Waals surface area contributed by atoms with Gasteiger partial charge in [0.25, 0.3) is 5.91 Å². The number of aromatic nitrogens is 2. The summed E-state index contributed by atoms with van der Waals surface area (Å²) < 4.78 is 13.7. The van der Waals surface area contributed by atoms with E-state index in [-0.39, 0.29) is 17.8 Å². The molecule has 0 aliphatic carbocycles. The fourth-order valence-electron chi connectivity index (χ4n) is 2.96. The number of aryl methyl sites for hydroxylation is 1. The standard InChI is InChI=1S/C18H21FN4O/c1-13-4-5-14(10-16(13)19)18(24)23-9-6-15(11-23)22(2)12-17-20-7-3-8-21-17/h3-5,7-8,10,15H,6,9,11-12H2,1-2H3/t15-/m0/s1. The highest BCUT2D eigenvalue weighted by Crippen LogP contribution is 2.19. The summed E-state index contributed by atoms with van der Waals surface area (Å²) in [5.74, 6) is 0.320. The molecule has 1 aromatic heterocycles. The van der Waals surface area contributed by atoms with Gasteiger partial charge in [0.2, 0.25) is 0 Å². The molecule has 1 aliphatic rings. The smallest absolute Gasteiger partial charge is 0.254 e. The molecule has 6 heteroatoms. The average Bonchev–Trinajstić information content (AvgIpc) is 3.08. The number of carbonyl (C=O) groups excluding carboxylic acids is 1. The van der Waals surface area contributed by atoms with Crippen molar-refractivity contribution in [2.24, 2.45) is 0 Å². The highest BCUT2D eigenvalue weighted by molar-refractivity contribution is 5.94. The second-order valence-corrected chi connectivity index (χ2v) is 6.24. The molecule has 1 aromatic carbocycles. The Bertz CT molecular complexity index is 722. The predicted octanol–water partition coefficient (Wildman–Crippen LogP) is 2.27. The van der Waals surface area contributed by atoms with E-state index in [1.54, 1.807) is 42.4 Å². The Labute approximate surface area is 141 Å². The van der Waals surface area contributed by atoms with Crippen LogP contribution in [0.25, 0.3) is 0 Å². The van der Waals surface area contributed by atoms with E-state index < -0.39 is 0 Å². The molecular formula is C18H21FN4O. The summed E-state index contributed by atoms with van der Waals surface area (Å²) in [5.41, 5.74) is 0.959. The second kappa shape index (κ2) is 7.05. The van der Waals surface area contributed by atoms with Crippen LogP contribution in [0.2, 0.25) is 0 Å². The minimum absolute atomic E-state index is 0.110. The molecule has 24 heavy (non-hydrogen) atoms. The minimum atomic E-state index is -0.338. The number of amides is 1. The van der Waals surface area contributed by atoms with Gasteiger partial charge in [-0.05, 0) is 44.2 Å². The topological polar surface area (TPSA) is 49.3 Å². The molecule has 2 aromatic rings. The van der Waals surface area contributed by atoms with Crippen LogP contribution in [0.15, 0.2) is 36.7 Å². The summed E-state index contributed by atoms with van der Waals surface area (Å²) in [6, 6.07) is 6.71. The van der Waals surface area contributed by atoms with Gasteiger partial charge in [-0.15, -0.1) is 0 Å². The van der Waals surface area contributed by atoms with Gasteiger partial charge >= 0.3 is 0 Å². The Hall–Kier alpha value is -2.34. The largest absolute Gasteiger partial charge is 0.337 e. The first-order valence-electron chi connectivity index (χ1n) is 8.06. The van der Waals surface area contributed by atoms with Gasteiger partial charge in [0.1, 0.15) is 11.6 Å². The number of benzene rings is 1. The SMILES string of the molecule is Cc1ccc(C(=O)N2CC[C@H](N(C)Cc3ncccn3)C2)cc1F. The Morgan fingerprint density at radius 2 is 2.12 bits per heavy atom. The Balaban J connectivity index is 1.62. The minimum Gasteiger partial charge on any atom is -0.337 e. The predicted molar refractivity (Wildman–Crippen MR) is 88.9 cm³/mol. The third kappa shape index (κ3) is 3.59. The third-order valence-electron chi connectivity index (χ3n) is 4.50. The lowest BCUT2D eigenvalue weighted by Gasteiger charge is -2.24. The highest BCUT2D eigenvalue weighted by Gasteiger charge is 2.29. The average molecular weight is 328 g/mol. The van der Waals surface area contributed by atoms with E-state index in [9.17, 15) is 9.18 Å². The molecule has 5 nitrogen and oxygen atoms in total. The van der Waals surface area contributed by atoms with Gasteiger partial charge in [0.05, 0.1) is 6.54 Å². The maximum Gasteiger partial charge on any atom is 0.254 e. The van der Waals surface area contributed by atoms with Gasteiger partial charge < -0.3 is 4.90 Å². The molecule has 0 bridgehead atoms. The van der Waals surface area contributed by atoms with Crippen LogP contribution in [0.4, 0.5) is 4.39 Å². The fourth-order valence-corrected chi connectivity index (χ4v) is 2.96. The van der Waals surface area contributed by atoms with Crippen molar-refractivity contribution in [3.05, 3.63) is 59.4 Å². The molecule has 3 rings (SSSR count). The summed E-state index contributed by atoms with van der Waals surface area (Å²) in [4.78, 5) is 25.0. The van der Waals surface area contributed by atoms with Crippen LogP contribution in [0.1, 0.15) is 28.2 Å². The van der Waals surface area contributed by atoms with Crippen LogP contribution in [0, 0.1) is 12.7 Å². The van der Waals surface area contributed by atoms with Gasteiger partial charge in [-0.2, -0.15) is 0 Å². The zero-order valence-electron chi connectivity index (χ0n) is 13.9. The zero-order chi connectivity index (χ0) is 17.1. The Kier molecular flexibility index (Phi) is 4.85. The van der Waals surface area contributed by atoms with Crippen molar-refractivity contribution in [3.63, 3.8) is 0 Å². The number of hydrogen-bond acceptors (Lipinski definition) is 4. The number of carbonyl (C=O) groups is 1. The number of halogens is 1. The molecule has 2 heterocycles. The van der Waals surface area contributed by atoms with Crippen LogP contribution >= 0.6 is 0 Å². The van der Waals surface area contributed by atoms with E-state index in [1.165, 1.54) is 6.07 Å². The molecule has 1 aliphatic heterocycles. The Morgan fingerprint density at radius 3 is 2.83 bits per heavy atom. The van der Waals surface area contributed by atoms with Crippen LogP contribution in [0.3, 0.4) is 0 Å². The van der Waals surface area contributed by atoms with Crippen molar-refractivity contribution in [1.82, 2.24) is 19.8 Å². The molecule has 0 spiro atoms. The number of nitrogens with zero attached hydrogens (tertiary/aromatic N) is 4. The molecule has 126 valence electrons. The third-order valence-corrected chi connectivity index (χ3v) is 4.50. The fraction of sp³-hybridized carbons (Fsp3) is 0.389. The first-order chi connectivity index (χ1) is 11.5. The Morgan fingerprint density at radius 1 is 1.38 bits per heavy atom. The van der Waals surface area contributed by atoms with E-state index in [0.717, 1.165) is 12.2 Å². The number of hydrogen-bond donors (Lipinski definition) is 0. The van der Waals surface area contributed by atoms with Crippen molar-refractivity contribution >= 4 is 5.91 Å². The van der Waals surface area contributed by atoms with E-state index in [0.29, 0.717) is 30.8 Å². The lowest BCUT2D eigenvalue weighted by molar-refractivity contribution is 0.0779. The van der Waals surface area contributed by atoms with Crippen molar-refractivity contribution in [3.8, 4) is 0 Å². The van der Waals surface area contributed by atoms with E-state index in [1.807, 2.05) is 7.05 Å². The number of rotatable bonds is 4. The first-order valence-corrected chi connectivity index (χ1v) is 8.06. The molecule has 1 atom stereocenters. The summed E-state index contributed by atoms with van der Waals surface area (Å²) in [6.07, 6.45) is 4.35.